The number of benzene rings is 2. The van der Waals surface area contributed by atoms with Crippen molar-refractivity contribution in [1.82, 2.24) is 15.2 Å². The summed E-state index contributed by atoms with van der Waals surface area (Å²) in [4.78, 5) is 32.7. The van der Waals surface area contributed by atoms with Gasteiger partial charge >= 0.3 is 6.09 Å². The number of ether oxygens (including phenoxy) is 3. The number of nitrogens with zero attached hydrogens (tertiary/aromatic N) is 2. The number of para-hydroxylation sites is 1. The fraction of sp³-hybridized carbons (Fsp3) is 0.320. The minimum absolute atomic E-state index is 0.0966. The fourth-order valence-electron chi connectivity index (χ4n) is 3.85. The molecule has 182 valence electrons. The molecule has 8 nitrogen and oxygen atoms in total. The maximum atomic E-state index is 13.1. The van der Waals surface area contributed by atoms with Crippen molar-refractivity contribution >= 4 is 34.9 Å². The van der Waals surface area contributed by atoms with Gasteiger partial charge in [-0.05, 0) is 49.6 Å². The summed E-state index contributed by atoms with van der Waals surface area (Å²) >= 11 is 7.46. The van der Waals surface area contributed by atoms with Gasteiger partial charge in [-0.15, -0.1) is 11.3 Å². The minimum atomic E-state index is -0.476. The van der Waals surface area contributed by atoms with Crippen molar-refractivity contribution in [1.29, 1.82) is 0 Å². The van der Waals surface area contributed by atoms with E-state index in [2.05, 4.69) is 10.3 Å². The molecule has 1 saturated carbocycles. The van der Waals surface area contributed by atoms with Crippen molar-refractivity contribution in [2.75, 3.05) is 26.3 Å². The first-order chi connectivity index (χ1) is 17.0. The molecular formula is C25H24ClN3O5S. The highest BCUT2D eigenvalue weighted by atomic mass is 35.5. The Morgan fingerprint density at radius 3 is 2.71 bits per heavy atom. The summed E-state index contributed by atoms with van der Waals surface area (Å²) in [6.45, 7) is 3.31. The summed E-state index contributed by atoms with van der Waals surface area (Å²) in [5, 5.41) is 4.30. The molecule has 10 heteroatoms. The van der Waals surface area contributed by atoms with Crippen molar-refractivity contribution in [3.8, 4) is 27.8 Å². The van der Waals surface area contributed by atoms with E-state index in [0.717, 1.165) is 28.3 Å². The zero-order valence-corrected chi connectivity index (χ0v) is 20.7. The Bertz CT molecular complexity index is 1240. The van der Waals surface area contributed by atoms with E-state index in [1.54, 1.807) is 35.2 Å². The molecule has 0 bridgehead atoms. The third kappa shape index (κ3) is 5.36. The normalized spacial score (nSPS) is 14.3. The van der Waals surface area contributed by atoms with Gasteiger partial charge in [-0.25, -0.2) is 9.78 Å². The average Bonchev–Trinajstić information content (AvgIpc) is 3.63. The summed E-state index contributed by atoms with van der Waals surface area (Å²) in [7, 11) is 0. The molecule has 3 aromatic rings. The third-order valence-corrected chi connectivity index (χ3v) is 6.92. The predicted octanol–water partition coefficient (Wildman–Crippen LogP) is 4.94. The number of carbonyl (C=O) groups is 2. The number of halogens is 1. The molecule has 5 rings (SSSR count). The van der Waals surface area contributed by atoms with Gasteiger partial charge in [-0.3, -0.25) is 4.79 Å². The molecule has 2 aromatic carbocycles. The van der Waals surface area contributed by atoms with Gasteiger partial charge in [0.15, 0.2) is 11.5 Å². The summed E-state index contributed by atoms with van der Waals surface area (Å²) in [5.41, 5.74) is 1.29. The molecule has 1 aliphatic carbocycles. The van der Waals surface area contributed by atoms with Crippen molar-refractivity contribution < 1.29 is 23.8 Å². The highest BCUT2D eigenvalue weighted by Crippen LogP contribution is 2.37. The minimum Gasteiger partial charge on any atom is -0.486 e. The molecule has 0 radical (unpaired) electrons. The van der Waals surface area contributed by atoms with Gasteiger partial charge in [0, 0.05) is 24.2 Å². The second-order valence-electron chi connectivity index (χ2n) is 8.25. The predicted molar refractivity (Wildman–Crippen MR) is 133 cm³/mol. The maximum Gasteiger partial charge on any atom is 0.416 e. The third-order valence-electron chi connectivity index (χ3n) is 5.66. The second kappa shape index (κ2) is 10.1. The highest BCUT2D eigenvalue weighted by Gasteiger charge is 2.34. The molecule has 1 fully saturated rings. The van der Waals surface area contributed by atoms with Crippen LogP contribution in [0.15, 0.2) is 42.5 Å². The second-order valence-corrected chi connectivity index (χ2v) is 9.89. The standard InChI is InChI=1S/C25H24ClN3O5S/c1-15-28-24(22(35-15)16-5-7-17(26)8-6-16)34-25(31)29(18-9-10-18)12-11-27-23(30)19-3-2-4-20-21(19)33-14-13-32-20/h2-8,18H,9-14H2,1H3,(H,27,30). The largest absolute Gasteiger partial charge is 0.486 e. The van der Waals surface area contributed by atoms with Gasteiger partial charge in [0.1, 0.15) is 13.2 Å². The number of carbonyl (C=O) groups excluding carboxylic acids is 2. The molecule has 0 spiro atoms. The van der Waals surface area contributed by atoms with Crippen LogP contribution in [0.3, 0.4) is 0 Å². The van der Waals surface area contributed by atoms with Crippen LogP contribution < -0.4 is 19.5 Å². The van der Waals surface area contributed by atoms with E-state index in [0.29, 0.717) is 41.8 Å². The summed E-state index contributed by atoms with van der Waals surface area (Å²) < 4.78 is 16.9. The highest BCUT2D eigenvalue weighted by molar-refractivity contribution is 7.15. The molecule has 1 aliphatic heterocycles. The smallest absolute Gasteiger partial charge is 0.416 e. The number of aromatic nitrogens is 1. The van der Waals surface area contributed by atoms with Crippen molar-refractivity contribution in [2.24, 2.45) is 0 Å². The molecule has 0 atom stereocenters. The topological polar surface area (TPSA) is 90.0 Å². The van der Waals surface area contributed by atoms with Crippen LogP contribution in [0.25, 0.3) is 10.4 Å². The zero-order valence-electron chi connectivity index (χ0n) is 19.1. The van der Waals surface area contributed by atoms with Crippen LogP contribution in [0.5, 0.6) is 17.4 Å². The lowest BCUT2D eigenvalue weighted by atomic mass is 10.1. The van der Waals surface area contributed by atoms with Gasteiger partial charge in [0.05, 0.1) is 15.4 Å². The van der Waals surface area contributed by atoms with Gasteiger partial charge in [0.25, 0.3) is 5.91 Å². The van der Waals surface area contributed by atoms with E-state index < -0.39 is 6.09 Å². The van der Waals surface area contributed by atoms with Gasteiger partial charge in [0.2, 0.25) is 5.88 Å². The van der Waals surface area contributed by atoms with Crippen molar-refractivity contribution in [3.63, 3.8) is 0 Å². The van der Waals surface area contributed by atoms with Crippen LogP contribution in [0.4, 0.5) is 4.79 Å². The molecule has 2 heterocycles. The number of fused-ring (bicyclic) bond motifs is 1. The number of amides is 2. The Kier molecular flexibility index (Phi) is 6.79. The van der Waals surface area contributed by atoms with Crippen LogP contribution >= 0.6 is 22.9 Å². The number of aryl methyl sites for hydroxylation is 1. The number of hydrogen-bond donors (Lipinski definition) is 1. The number of nitrogens with one attached hydrogen (secondary N) is 1. The molecule has 1 aromatic heterocycles. The lowest BCUT2D eigenvalue weighted by Gasteiger charge is -2.22. The lowest BCUT2D eigenvalue weighted by molar-refractivity contribution is 0.0933. The first kappa shape index (κ1) is 23.4. The Hall–Kier alpha value is -3.30. The van der Waals surface area contributed by atoms with Crippen LogP contribution in [0.1, 0.15) is 28.2 Å². The van der Waals surface area contributed by atoms with Gasteiger partial charge in [-0.1, -0.05) is 29.8 Å². The summed E-state index contributed by atoms with van der Waals surface area (Å²) in [5.74, 6) is 1.00. The SMILES string of the molecule is Cc1nc(OC(=O)N(CCNC(=O)c2cccc3c2OCCO3)C2CC2)c(-c2ccc(Cl)cc2)s1. The number of rotatable bonds is 7. The Balaban J connectivity index is 1.23. The average molecular weight is 514 g/mol. The number of hydrogen-bond acceptors (Lipinski definition) is 7. The molecule has 35 heavy (non-hydrogen) atoms. The molecule has 0 saturated heterocycles. The van der Waals surface area contributed by atoms with Crippen LogP contribution in [-0.4, -0.2) is 54.2 Å². The van der Waals surface area contributed by atoms with Gasteiger partial charge in [-0.2, -0.15) is 0 Å². The molecule has 2 amide bonds. The van der Waals surface area contributed by atoms with E-state index in [1.807, 2.05) is 19.1 Å². The molecule has 1 N–H and O–H groups in total. The first-order valence-corrected chi connectivity index (χ1v) is 12.6. The van der Waals surface area contributed by atoms with E-state index in [9.17, 15) is 9.59 Å². The molecule has 0 unspecified atom stereocenters. The Morgan fingerprint density at radius 1 is 1.17 bits per heavy atom. The lowest BCUT2D eigenvalue weighted by Crippen LogP contribution is -2.41. The Labute approximate surface area is 211 Å². The zero-order chi connectivity index (χ0) is 24.4. The van der Waals surface area contributed by atoms with Gasteiger partial charge < -0.3 is 24.4 Å². The van der Waals surface area contributed by atoms with Crippen molar-refractivity contribution in [3.05, 3.63) is 58.1 Å². The summed E-state index contributed by atoms with van der Waals surface area (Å²) in [6.07, 6.45) is 1.33. The van der Waals surface area contributed by atoms with E-state index in [1.165, 1.54) is 11.3 Å². The van der Waals surface area contributed by atoms with Crippen molar-refractivity contribution in [2.45, 2.75) is 25.8 Å². The van der Waals surface area contributed by atoms with E-state index >= 15 is 0 Å². The van der Waals surface area contributed by atoms with Crippen LogP contribution in [-0.2, 0) is 0 Å². The van der Waals surface area contributed by atoms with Crippen LogP contribution in [0, 0.1) is 6.92 Å². The Morgan fingerprint density at radius 2 is 1.94 bits per heavy atom. The monoisotopic (exact) mass is 513 g/mol. The molecule has 2 aliphatic rings. The van der Waals surface area contributed by atoms with E-state index in [-0.39, 0.29) is 24.4 Å². The van der Waals surface area contributed by atoms with E-state index in [4.69, 9.17) is 25.8 Å². The fourth-order valence-corrected chi connectivity index (χ4v) is 4.83. The quantitative estimate of drug-likeness (QED) is 0.481. The summed E-state index contributed by atoms with van der Waals surface area (Å²) in [6, 6.07) is 12.6. The first-order valence-electron chi connectivity index (χ1n) is 11.4. The number of thiazole rings is 1. The van der Waals surface area contributed by atoms with Crippen LogP contribution in [0.2, 0.25) is 5.02 Å². The maximum absolute atomic E-state index is 13.1. The molecular weight excluding hydrogens is 490 g/mol.